The summed E-state index contributed by atoms with van der Waals surface area (Å²) >= 11 is 0. The molecule has 0 fully saturated rings. The summed E-state index contributed by atoms with van der Waals surface area (Å²) in [5.41, 5.74) is 1.00. The topological polar surface area (TPSA) is 77.5 Å². The quantitative estimate of drug-likeness (QED) is 0.0865. The molecule has 1 rings (SSSR count). The van der Waals surface area contributed by atoms with Crippen molar-refractivity contribution < 1.29 is 28.2 Å². The summed E-state index contributed by atoms with van der Waals surface area (Å²) in [7, 11) is 2.06. The van der Waals surface area contributed by atoms with Gasteiger partial charge in [0.05, 0.1) is 19.8 Å². The SMILES string of the molecule is CCCCCCCCCCCCOc1ccc(CC(COP(O)OCCCCN(C)C)OC=O)cc1. The van der Waals surface area contributed by atoms with Gasteiger partial charge in [0.25, 0.3) is 6.47 Å². The van der Waals surface area contributed by atoms with Crippen LogP contribution in [-0.4, -0.2) is 62.8 Å². The standard InChI is InChI=1S/C28H50NO6P/c1-4-5-6-7-8-9-10-11-12-14-21-32-27-18-16-26(17-19-27)23-28(33-25-30)24-35-36(31)34-22-15-13-20-29(2)3/h16-19,25,28,31H,4-15,20-24H2,1-3H3. The Bertz CT molecular complexity index is 631. The predicted octanol–water partition coefficient (Wildman–Crippen LogP) is 6.66. The molecule has 2 unspecified atom stereocenters. The van der Waals surface area contributed by atoms with E-state index in [1.165, 1.54) is 57.8 Å². The summed E-state index contributed by atoms with van der Waals surface area (Å²) in [4.78, 5) is 22.9. The van der Waals surface area contributed by atoms with Crippen molar-refractivity contribution in [2.45, 2.75) is 96.5 Å². The zero-order chi connectivity index (χ0) is 26.3. The van der Waals surface area contributed by atoms with Gasteiger partial charge in [0.2, 0.25) is 0 Å². The lowest BCUT2D eigenvalue weighted by molar-refractivity contribution is -0.135. The van der Waals surface area contributed by atoms with Gasteiger partial charge in [0.15, 0.2) is 0 Å². The lowest BCUT2D eigenvalue weighted by atomic mass is 10.1. The third-order valence-electron chi connectivity index (χ3n) is 5.97. The molecule has 1 aromatic rings. The van der Waals surface area contributed by atoms with E-state index in [0.717, 1.165) is 43.7 Å². The second-order valence-corrected chi connectivity index (χ2v) is 10.6. The Morgan fingerprint density at radius 2 is 1.47 bits per heavy atom. The van der Waals surface area contributed by atoms with Crippen molar-refractivity contribution in [3.63, 3.8) is 0 Å². The fourth-order valence-corrected chi connectivity index (χ4v) is 4.50. The Hall–Kier alpha value is -1.24. The largest absolute Gasteiger partial charge is 0.494 e. The summed E-state index contributed by atoms with van der Waals surface area (Å²) in [6.45, 7) is 4.90. The molecule has 208 valence electrons. The maximum Gasteiger partial charge on any atom is 0.329 e. The highest BCUT2D eigenvalue weighted by molar-refractivity contribution is 7.40. The molecule has 36 heavy (non-hydrogen) atoms. The van der Waals surface area contributed by atoms with Gasteiger partial charge in [-0.2, -0.15) is 0 Å². The summed E-state index contributed by atoms with van der Waals surface area (Å²) in [6, 6.07) is 7.83. The van der Waals surface area contributed by atoms with Gasteiger partial charge < -0.3 is 28.3 Å². The first kappa shape index (κ1) is 32.8. The zero-order valence-corrected chi connectivity index (χ0v) is 23.8. The lowest BCUT2D eigenvalue weighted by Crippen LogP contribution is -2.21. The minimum absolute atomic E-state index is 0.0790. The van der Waals surface area contributed by atoms with Gasteiger partial charge in [0.1, 0.15) is 11.9 Å². The first-order valence-corrected chi connectivity index (χ1v) is 14.9. The van der Waals surface area contributed by atoms with E-state index < -0.39 is 14.7 Å². The second kappa shape index (κ2) is 22.9. The fraction of sp³-hybridized carbons (Fsp3) is 0.750. The molecule has 0 amide bonds. The molecular weight excluding hydrogens is 477 g/mol. The van der Waals surface area contributed by atoms with Crippen molar-refractivity contribution in [3.8, 4) is 5.75 Å². The fourth-order valence-electron chi connectivity index (χ4n) is 3.85. The van der Waals surface area contributed by atoms with E-state index in [9.17, 15) is 9.69 Å². The maximum atomic E-state index is 10.9. The Kier molecular flexibility index (Phi) is 20.9. The lowest BCUT2D eigenvalue weighted by Gasteiger charge is -2.18. The highest BCUT2D eigenvalue weighted by Gasteiger charge is 2.15. The van der Waals surface area contributed by atoms with Crippen LogP contribution in [0.15, 0.2) is 24.3 Å². The van der Waals surface area contributed by atoms with E-state index in [4.69, 9.17) is 18.5 Å². The van der Waals surface area contributed by atoms with Gasteiger partial charge in [-0.1, -0.05) is 76.8 Å². The molecule has 0 saturated carbocycles. The molecule has 0 radical (unpaired) electrons. The van der Waals surface area contributed by atoms with Crippen LogP contribution in [-0.2, 0) is 25.0 Å². The molecule has 7 nitrogen and oxygen atoms in total. The number of ether oxygens (including phenoxy) is 2. The van der Waals surface area contributed by atoms with Gasteiger partial charge in [0, 0.05) is 6.42 Å². The molecule has 0 aliphatic heterocycles. The average molecular weight is 528 g/mol. The number of carbonyl (C=O) groups is 1. The van der Waals surface area contributed by atoms with Crippen LogP contribution in [0.1, 0.15) is 89.5 Å². The number of nitrogens with zero attached hydrogens (tertiary/aromatic N) is 1. The molecule has 2 atom stereocenters. The Morgan fingerprint density at radius 1 is 0.861 bits per heavy atom. The van der Waals surface area contributed by atoms with Crippen LogP contribution in [0.25, 0.3) is 0 Å². The average Bonchev–Trinajstić information content (AvgIpc) is 2.86. The van der Waals surface area contributed by atoms with E-state index >= 15 is 0 Å². The molecule has 0 saturated heterocycles. The van der Waals surface area contributed by atoms with Gasteiger partial charge in [-0.3, -0.25) is 4.79 Å². The highest BCUT2D eigenvalue weighted by Crippen LogP contribution is 2.33. The number of hydrogen-bond acceptors (Lipinski definition) is 7. The van der Waals surface area contributed by atoms with Crippen LogP contribution in [0.4, 0.5) is 0 Å². The molecule has 0 aromatic heterocycles. The molecule has 1 N–H and O–H groups in total. The summed E-state index contributed by atoms with van der Waals surface area (Å²) in [6.07, 6.45) is 14.9. The second-order valence-electron chi connectivity index (χ2n) is 9.61. The van der Waals surface area contributed by atoms with Gasteiger partial charge >= 0.3 is 8.60 Å². The Balaban J connectivity index is 2.18. The first-order valence-electron chi connectivity index (χ1n) is 13.8. The monoisotopic (exact) mass is 527 g/mol. The summed E-state index contributed by atoms with van der Waals surface area (Å²) in [5, 5.41) is 0. The Morgan fingerprint density at radius 3 is 2.08 bits per heavy atom. The maximum absolute atomic E-state index is 10.9. The van der Waals surface area contributed by atoms with E-state index in [0.29, 0.717) is 19.5 Å². The summed E-state index contributed by atoms with van der Waals surface area (Å²) in [5.74, 6) is 0.848. The minimum atomic E-state index is -1.98. The van der Waals surface area contributed by atoms with Crippen LogP contribution < -0.4 is 4.74 Å². The van der Waals surface area contributed by atoms with Crippen molar-refractivity contribution in [1.29, 1.82) is 0 Å². The number of hydrogen-bond donors (Lipinski definition) is 1. The third-order valence-corrected chi connectivity index (χ3v) is 6.75. The normalized spacial score (nSPS) is 13.0. The van der Waals surface area contributed by atoms with Crippen LogP contribution >= 0.6 is 8.60 Å². The molecule has 1 aromatic carbocycles. The smallest absolute Gasteiger partial charge is 0.329 e. The number of benzene rings is 1. The van der Waals surface area contributed by atoms with Gasteiger partial charge in [-0.25, -0.2) is 0 Å². The molecule has 0 heterocycles. The predicted molar refractivity (Wildman–Crippen MR) is 147 cm³/mol. The van der Waals surface area contributed by atoms with Crippen LogP contribution in [0.3, 0.4) is 0 Å². The Labute approximate surface area is 220 Å². The molecule has 8 heteroatoms. The number of unbranched alkanes of at least 4 members (excludes halogenated alkanes) is 10. The summed E-state index contributed by atoms with van der Waals surface area (Å²) < 4.78 is 21.7. The highest BCUT2D eigenvalue weighted by atomic mass is 31.2. The van der Waals surface area contributed by atoms with Crippen LogP contribution in [0, 0.1) is 0 Å². The van der Waals surface area contributed by atoms with E-state index in [-0.39, 0.29) is 6.61 Å². The van der Waals surface area contributed by atoms with Crippen molar-refractivity contribution in [3.05, 3.63) is 29.8 Å². The molecule has 0 aliphatic rings. The van der Waals surface area contributed by atoms with Crippen LogP contribution in [0.2, 0.25) is 0 Å². The van der Waals surface area contributed by atoms with Crippen molar-refractivity contribution in [2.75, 3.05) is 40.5 Å². The molecular formula is C28H50NO6P. The zero-order valence-electron chi connectivity index (χ0n) is 22.9. The van der Waals surface area contributed by atoms with Crippen LogP contribution in [0.5, 0.6) is 5.75 Å². The molecule has 0 spiro atoms. The molecule has 0 bridgehead atoms. The number of carbonyl (C=O) groups excluding carboxylic acids is 1. The van der Waals surface area contributed by atoms with E-state index in [1.807, 2.05) is 38.4 Å². The van der Waals surface area contributed by atoms with Crippen molar-refractivity contribution in [1.82, 2.24) is 4.90 Å². The van der Waals surface area contributed by atoms with E-state index in [2.05, 4.69) is 11.8 Å². The van der Waals surface area contributed by atoms with Crippen molar-refractivity contribution >= 4 is 15.1 Å². The molecule has 0 aliphatic carbocycles. The van der Waals surface area contributed by atoms with E-state index in [1.54, 1.807) is 0 Å². The van der Waals surface area contributed by atoms with Gasteiger partial charge in [-0.15, -0.1) is 0 Å². The third kappa shape index (κ3) is 18.9. The van der Waals surface area contributed by atoms with Crippen molar-refractivity contribution in [2.24, 2.45) is 0 Å². The minimum Gasteiger partial charge on any atom is -0.494 e. The number of rotatable bonds is 25. The first-order chi connectivity index (χ1) is 17.5. The van der Waals surface area contributed by atoms with Gasteiger partial charge in [-0.05, 0) is 57.6 Å².